The van der Waals surface area contributed by atoms with Gasteiger partial charge in [0.05, 0.1) is 17.3 Å². The molecule has 0 unspecified atom stereocenters. The second-order valence-electron chi connectivity index (χ2n) is 6.07. The van der Waals surface area contributed by atoms with Crippen molar-refractivity contribution < 1.29 is 28.5 Å². The van der Waals surface area contributed by atoms with Gasteiger partial charge in [0.2, 0.25) is 6.79 Å². The molecule has 0 fully saturated rings. The van der Waals surface area contributed by atoms with E-state index in [0.29, 0.717) is 40.1 Å². The standard InChI is InChI=1S/C21H20ClNO6/c1-3-26-17-7-5-4-6-16(17)23-21(25)13(2)29-19(24)9-8-14-10-15(22)20-18(11-14)27-12-28-20/h4-11,13H,3,12H2,1-2H3,(H,23,25)/b9-8+/t13-/m0/s1. The Hall–Kier alpha value is -3.19. The van der Waals surface area contributed by atoms with Crippen molar-refractivity contribution in [3.8, 4) is 17.2 Å². The molecule has 0 saturated carbocycles. The molecule has 1 heterocycles. The molecule has 152 valence electrons. The predicted octanol–water partition coefficient (Wildman–Crippen LogP) is 4.05. The molecule has 1 aliphatic rings. The first kappa shape index (κ1) is 20.5. The number of hydrogen-bond donors (Lipinski definition) is 1. The minimum atomic E-state index is -0.998. The lowest BCUT2D eigenvalue weighted by molar-refractivity contribution is -0.148. The van der Waals surface area contributed by atoms with Crippen molar-refractivity contribution in [2.24, 2.45) is 0 Å². The van der Waals surface area contributed by atoms with Crippen LogP contribution in [0, 0.1) is 0 Å². The molecule has 0 radical (unpaired) electrons. The lowest BCUT2D eigenvalue weighted by Crippen LogP contribution is -2.29. The zero-order chi connectivity index (χ0) is 20.8. The second-order valence-corrected chi connectivity index (χ2v) is 6.47. The number of benzene rings is 2. The van der Waals surface area contributed by atoms with Crippen molar-refractivity contribution in [3.63, 3.8) is 0 Å². The number of hydrogen-bond acceptors (Lipinski definition) is 6. The van der Waals surface area contributed by atoms with Crippen molar-refractivity contribution in [1.29, 1.82) is 0 Å². The van der Waals surface area contributed by atoms with Crippen LogP contribution < -0.4 is 19.5 Å². The first-order valence-electron chi connectivity index (χ1n) is 8.98. The highest BCUT2D eigenvalue weighted by Gasteiger charge is 2.19. The third kappa shape index (κ3) is 5.20. The Bertz CT molecular complexity index is 943. The third-order valence-electron chi connectivity index (χ3n) is 3.97. The van der Waals surface area contributed by atoms with Crippen molar-refractivity contribution in [3.05, 3.63) is 53.1 Å². The molecular formula is C21H20ClNO6. The average Bonchev–Trinajstić information content (AvgIpc) is 3.17. The fraction of sp³-hybridized carbons (Fsp3) is 0.238. The van der Waals surface area contributed by atoms with Gasteiger partial charge in [-0.15, -0.1) is 0 Å². The van der Waals surface area contributed by atoms with Gasteiger partial charge in [-0.05, 0) is 49.8 Å². The highest BCUT2D eigenvalue weighted by atomic mass is 35.5. The van der Waals surface area contributed by atoms with E-state index in [1.54, 1.807) is 36.4 Å². The van der Waals surface area contributed by atoms with E-state index in [9.17, 15) is 9.59 Å². The number of para-hydroxylation sites is 2. The van der Waals surface area contributed by atoms with Crippen molar-refractivity contribution in [1.82, 2.24) is 0 Å². The lowest BCUT2D eigenvalue weighted by Gasteiger charge is -2.15. The van der Waals surface area contributed by atoms with Crippen molar-refractivity contribution in [2.75, 3.05) is 18.7 Å². The largest absolute Gasteiger partial charge is 0.492 e. The maximum Gasteiger partial charge on any atom is 0.331 e. The van der Waals surface area contributed by atoms with Gasteiger partial charge < -0.3 is 24.3 Å². The number of anilines is 1. The fourth-order valence-electron chi connectivity index (χ4n) is 2.60. The minimum Gasteiger partial charge on any atom is -0.492 e. The summed E-state index contributed by atoms with van der Waals surface area (Å²) < 4.78 is 21.1. The number of amides is 1. The number of ether oxygens (including phenoxy) is 4. The lowest BCUT2D eigenvalue weighted by atomic mass is 10.2. The molecule has 29 heavy (non-hydrogen) atoms. The van der Waals surface area contributed by atoms with E-state index in [2.05, 4.69) is 5.32 Å². The topological polar surface area (TPSA) is 83.1 Å². The van der Waals surface area contributed by atoms with E-state index in [4.69, 9.17) is 30.5 Å². The summed E-state index contributed by atoms with van der Waals surface area (Å²) in [6.07, 6.45) is 1.74. The molecule has 0 bridgehead atoms. The molecule has 0 saturated heterocycles. The number of fused-ring (bicyclic) bond motifs is 1. The van der Waals surface area contributed by atoms with Crippen LogP contribution in [0.4, 0.5) is 5.69 Å². The first-order chi connectivity index (χ1) is 14.0. The minimum absolute atomic E-state index is 0.101. The van der Waals surface area contributed by atoms with Crippen LogP contribution in [-0.2, 0) is 14.3 Å². The van der Waals surface area contributed by atoms with Gasteiger partial charge in [0.25, 0.3) is 5.91 Å². The van der Waals surface area contributed by atoms with Gasteiger partial charge in [0.1, 0.15) is 5.75 Å². The Morgan fingerprint density at radius 2 is 2.07 bits per heavy atom. The zero-order valence-electron chi connectivity index (χ0n) is 15.9. The summed E-state index contributed by atoms with van der Waals surface area (Å²) in [4.78, 5) is 24.4. The van der Waals surface area contributed by atoms with Gasteiger partial charge >= 0.3 is 5.97 Å². The molecule has 1 aliphatic heterocycles. The van der Waals surface area contributed by atoms with Gasteiger partial charge in [0, 0.05) is 6.08 Å². The van der Waals surface area contributed by atoms with Gasteiger partial charge in [-0.25, -0.2) is 4.79 Å². The van der Waals surface area contributed by atoms with Gasteiger partial charge in [0.15, 0.2) is 17.6 Å². The van der Waals surface area contributed by atoms with Crippen LogP contribution in [0.2, 0.25) is 5.02 Å². The zero-order valence-corrected chi connectivity index (χ0v) is 16.7. The van der Waals surface area contributed by atoms with E-state index in [0.717, 1.165) is 0 Å². The summed E-state index contributed by atoms with van der Waals surface area (Å²) in [5.41, 5.74) is 1.15. The van der Waals surface area contributed by atoms with Crippen LogP contribution in [0.5, 0.6) is 17.2 Å². The van der Waals surface area contributed by atoms with E-state index in [1.165, 1.54) is 19.1 Å². The van der Waals surface area contributed by atoms with E-state index < -0.39 is 18.0 Å². The third-order valence-corrected chi connectivity index (χ3v) is 4.25. The van der Waals surface area contributed by atoms with Crippen molar-refractivity contribution in [2.45, 2.75) is 20.0 Å². The quantitative estimate of drug-likeness (QED) is 0.540. The molecule has 2 aromatic rings. The van der Waals surface area contributed by atoms with Crippen molar-refractivity contribution >= 4 is 35.2 Å². The van der Waals surface area contributed by atoms with E-state index in [1.807, 2.05) is 6.92 Å². The summed E-state index contributed by atoms with van der Waals surface area (Å²) >= 11 is 6.11. The van der Waals surface area contributed by atoms with Gasteiger partial charge in [-0.2, -0.15) is 0 Å². The Balaban J connectivity index is 1.58. The Morgan fingerprint density at radius 3 is 2.86 bits per heavy atom. The fourth-order valence-corrected chi connectivity index (χ4v) is 2.87. The molecule has 3 rings (SSSR count). The molecule has 2 aromatic carbocycles. The van der Waals surface area contributed by atoms with Crippen LogP contribution in [-0.4, -0.2) is 31.4 Å². The Kier molecular flexibility index (Phi) is 6.61. The molecule has 0 aliphatic carbocycles. The maximum absolute atomic E-state index is 12.3. The molecule has 1 amide bonds. The van der Waals surface area contributed by atoms with E-state index in [-0.39, 0.29) is 6.79 Å². The number of esters is 1. The maximum atomic E-state index is 12.3. The molecule has 8 heteroatoms. The summed E-state index contributed by atoms with van der Waals surface area (Å²) in [6.45, 7) is 3.90. The number of nitrogens with one attached hydrogen (secondary N) is 1. The van der Waals surface area contributed by atoms with Crippen LogP contribution in [0.15, 0.2) is 42.5 Å². The normalized spacial score (nSPS) is 13.2. The first-order valence-corrected chi connectivity index (χ1v) is 9.36. The smallest absolute Gasteiger partial charge is 0.331 e. The molecule has 0 spiro atoms. The number of carbonyl (C=O) groups is 2. The molecule has 1 atom stereocenters. The van der Waals surface area contributed by atoms with E-state index >= 15 is 0 Å². The number of carbonyl (C=O) groups excluding carboxylic acids is 2. The SMILES string of the molecule is CCOc1ccccc1NC(=O)[C@H](C)OC(=O)/C=C/c1cc(Cl)c2c(c1)OCO2. The molecule has 1 N–H and O–H groups in total. The predicted molar refractivity (Wildman–Crippen MR) is 108 cm³/mol. The second kappa shape index (κ2) is 9.34. The molecular weight excluding hydrogens is 398 g/mol. The summed E-state index contributed by atoms with van der Waals surface area (Å²) in [5.74, 6) is 0.390. The van der Waals surface area contributed by atoms with Gasteiger partial charge in [-0.3, -0.25) is 4.79 Å². The Morgan fingerprint density at radius 1 is 1.28 bits per heavy atom. The monoisotopic (exact) mass is 417 g/mol. The number of rotatable bonds is 7. The summed E-state index contributed by atoms with van der Waals surface area (Å²) in [7, 11) is 0. The average molecular weight is 418 g/mol. The Labute approximate surface area is 173 Å². The van der Waals surface area contributed by atoms with Crippen LogP contribution in [0.1, 0.15) is 19.4 Å². The van der Waals surface area contributed by atoms with Gasteiger partial charge in [-0.1, -0.05) is 23.7 Å². The molecule has 7 nitrogen and oxygen atoms in total. The van der Waals surface area contributed by atoms with Crippen LogP contribution in [0.25, 0.3) is 6.08 Å². The number of halogens is 1. The van der Waals surface area contributed by atoms with Crippen LogP contribution in [0.3, 0.4) is 0 Å². The summed E-state index contributed by atoms with van der Waals surface area (Å²) in [6, 6.07) is 10.4. The highest BCUT2D eigenvalue weighted by Crippen LogP contribution is 2.40. The molecule has 0 aromatic heterocycles. The summed E-state index contributed by atoms with van der Waals surface area (Å²) in [5, 5.41) is 3.08. The van der Waals surface area contributed by atoms with Crippen LogP contribution >= 0.6 is 11.6 Å². The highest BCUT2D eigenvalue weighted by molar-refractivity contribution is 6.32.